The lowest BCUT2D eigenvalue weighted by molar-refractivity contribution is -0.118. The Kier molecular flexibility index (Phi) is 5.46. The van der Waals surface area contributed by atoms with Crippen molar-refractivity contribution < 1.29 is 4.79 Å². The molecule has 1 amide bonds. The van der Waals surface area contributed by atoms with E-state index in [1.54, 1.807) is 4.68 Å². The first kappa shape index (κ1) is 16.4. The van der Waals surface area contributed by atoms with Crippen LogP contribution >= 0.6 is 12.4 Å². The summed E-state index contributed by atoms with van der Waals surface area (Å²) >= 11 is 0. The van der Waals surface area contributed by atoms with Crippen LogP contribution in [-0.4, -0.2) is 38.7 Å². The number of aryl methyl sites for hydroxylation is 1. The highest BCUT2D eigenvalue weighted by atomic mass is 35.5. The fourth-order valence-corrected chi connectivity index (χ4v) is 2.49. The van der Waals surface area contributed by atoms with Crippen LogP contribution in [0, 0.1) is 6.92 Å². The summed E-state index contributed by atoms with van der Waals surface area (Å²) in [6.07, 6.45) is 3.12. The monoisotopic (exact) mass is 322 g/mol. The number of carbonyl (C=O) groups excluding carboxylic acids is 1. The van der Waals surface area contributed by atoms with Gasteiger partial charge in [-0.3, -0.25) is 4.79 Å². The van der Waals surface area contributed by atoms with Gasteiger partial charge >= 0.3 is 0 Å². The van der Waals surface area contributed by atoms with Crippen LogP contribution in [-0.2, 0) is 4.79 Å². The zero-order chi connectivity index (χ0) is 14.7. The Bertz CT molecular complexity index is 638. The van der Waals surface area contributed by atoms with E-state index in [0.29, 0.717) is 5.82 Å². The molecule has 8 heteroatoms. The topological polar surface area (TPSA) is 84.7 Å². The van der Waals surface area contributed by atoms with Crippen LogP contribution in [0.5, 0.6) is 0 Å². The van der Waals surface area contributed by atoms with Crippen LogP contribution in [0.4, 0.5) is 5.69 Å². The zero-order valence-electron chi connectivity index (χ0n) is 12.3. The molecule has 22 heavy (non-hydrogen) atoms. The van der Waals surface area contributed by atoms with E-state index in [1.165, 1.54) is 0 Å². The van der Waals surface area contributed by atoms with E-state index in [0.717, 1.165) is 37.2 Å². The number of anilines is 1. The van der Waals surface area contributed by atoms with Gasteiger partial charge in [-0.05, 0) is 54.9 Å². The molecule has 2 N–H and O–H groups in total. The molecule has 1 atom stereocenters. The van der Waals surface area contributed by atoms with Crippen LogP contribution in [0.3, 0.4) is 0 Å². The molecule has 0 bridgehead atoms. The standard InChI is InChI=1S/C14H18N6O.ClH/c1-10-17-18-19-20(10)12-6-4-5-11(9-12)16-14(21)13-7-2-3-8-15-13;/h4-6,9,13,15H,2-3,7-8H2,1H3,(H,16,21);1H. The van der Waals surface area contributed by atoms with E-state index in [4.69, 9.17) is 0 Å². The molecule has 1 saturated heterocycles. The van der Waals surface area contributed by atoms with Crippen LogP contribution in [0.25, 0.3) is 5.69 Å². The predicted molar refractivity (Wildman–Crippen MR) is 85.4 cm³/mol. The molecule has 7 nitrogen and oxygen atoms in total. The van der Waals surface area contributed by atoms with Crippen LogP contribution in [0.2, 0.25) is 0 Å². The third-order valence-corrected chi connectivity index (χ3v) is 3.61. The summed E-state index contributed by atoms with van der Waals surface area (Å²) in [6.45, 7) is 2.74. The molecule has 3 rings (SSSR count). The molecule has 2 heterocycles. The first-order chi connectivity index (χ1) is 10.2. The first-order valence-electron chi connectivity index (χ1n) is 7.14. The number of nitrogens with zero attached hydrogens (tertiary/aromatic N) is 4. The Morgan fingerprint density at radius 1 is 1.41 bits per heavy atom. The Hall–Kier alpha value is -1.99. The SMILES string of the molecule is Cc1nnnn1-c1cccc(NC(=O)C2CCCCN2)c1.Cl. The fraction of sp³-hybridized carbons (Fsp3) is 0.429. The van der Waals surface area contributed by atoms with Crippen LogP contribution in [0.15, 0.2) is 24.3 Å². The minimum absolute atomic E-state index is 0. The Balaban J connectivity index is 0.00000176. The van der Waals surface area contributed by atoms with Gasteiger partial charge in [0.2, 0.25) is 5.91 Å². The second kappa shape index (κ2) is 7.33. The van der Waals surface area contributed by atoms with Crippen molar-refractivity contribution in [1.29, 1.82) is 0 Å². The maximum atomic E-state index is 12.2. The second-order valence-corrected chi connectivity index (χ2v) is 5.18. The molecule has 1 aromatic carbocycles. The van der Waals surface area contributed by atoms with E-state index in [1.807, 2.05) is 31.2 Å². The number of hydrogen-bond acceptors (Lipinski definition) is 5. The summed E-state index contributed by atoms with van der Waals surface area (Å²) in [6, 6.07) is 7.41. The van der Waals surface area contributed by atoms with E-state index < -0.39 is 0 Å². The van der Waals surface area contributed by atoms with Gasteiger partial charge in [-0.15, -0.1) is 17.5 Å². The first-order valence-corrected chi connectivity index (χ1v) is 7.14. The van der Waals surface area contributed by atoms with Crippen molar-refractivity contribution in [2.24, 2.45) is 0 Å². The van der Waals surface area contributed by atoms with Crippen molar-refractivity contribution in [1.82, 2.24) is 25.5 Å². The van der Waals surface area contributed by atoms with Crippen molar-refractivity contribution in [2.45, 2.75) is 32.2 Å². The van der Waals surface area contributed by atoms with E-state index in [2.05, 4.69) is 26.2 Å². The van der Waals surface area contributed by atoms with Crippen molar-refractivity contribution >= 4 is 24.0 Å². The Morgan fingerprint density at radius 2 is 2.27 bits per heavy atom. The average Bonchev–Trinajstić information content (AvgIpc) is 2.94. The van der Waals surface area contributed by atoms with E-state index >= 15 is 0 Å². The van der Waals surface area contributed by atoms with Crippen molar-refractivity contribution in [3.8, 4) is 5.69 Å². The van der Waals surface area contributed by atoms with Gasteiger partial charge in [0.25, 0.3) is 0 Å². The lowest BCUT2D eigenvalue weighted by atomic mass is 10.0. The smallest absolute Gasteiger partial charge is 0.241 e. The second-order valence-electron chi connectivity index (χ2n) is 5.18. The van der Waals surface area contributed by atoms with Crippen molar-refractivity contribution in [2.75, 3.05) is 11.9 Å². The van der Waals surface area contributed by atoms with E-state index in [9.17, 15) is 4.79 Å². The minimum Gasteiger partial charge on any atom is -0.325 e. The maximum absolute atomic E-state index is 12.2. The normalized spacial score (nSPS) is 17.6. The van der Waals surface area contributed by atoms with Crippen molar-refractivity contribution in [3.63, 3.8) is 0 Å². The molecule has 0 saturated carbocycles. The quantitative estimate of drug-likeness (QED) is 0.894. The van der Waals surface area contributed by atoms with E-state index in [-0.39, 0.29) is 24.4 Å². The highest BCUT2D eigenvalue weighted by Crippen LogP contribution is 2.16. The molecule has 1 aromatic heterocycles. The van der Waals surface area contributed by atoms with Crippen molar-refractivity contribution in [3.05, 3.63) is 30.1 Å². The number of benzene rings is 1. The molecule has 1 unspecified atom stereocenters. The number of carbonyl (C=O) groups is 1. The summed E-state index contributed by atoms with van der Waals surface area (Å²) in [7, 11) is 0. The average molecular weight is 323 g/mol. The number of hydrogen-bond donors (Lipinski definition) is 2. The molecule has 118 valence electrons. The van der Waals surface area contributed by atoms with Gasteiger partial charge in [-0.25, -0.2) is 0 Å². The Morgan fingerprint density at radius 3 is 2.95 bits per heavy atom. The number of rotatable bonds is 3. The minimum atomic E-state index is -0.0998. The highest BCUT2D eigenvalue weighted by Gasteiger charge is 2.20. The fourth-order valence-electron chi connectivity index (χ4n) is 2.49. The van der Waals surface area contributed by atoms with Gasteiger partial charge in [-0.1, -0.05) is 12.5 Å². The van der Waals surface area contributed by atoms with Gasteiger partial charge in [-0.2, -0.15) is 4.68 Å². The summed E-state index contributed by atoms with van der Waals surface area (Å²) in [4.78, 5) is 12.2. The lowest BCUT2D eigenvalue weighted by Crippen LogP contribution is -2.43. The number of halogens is 1. The molecule has 0 spiro atoms. The van der Waals surface area contributed by atoms with Gasteiger partial charge in [0.15, 0.2) is 5.82 Å². The molecule has 1 fully saturated rings. The number of piperidine rings is 1. The summed E-state index contributed by atoms with van der Waals surface area (Å²) in [5, 5.41) is 17.6. The third-order valence-electron chi connectivity index (χ3n) is 3.61. The molecule has 1 aliphatic heterocycles. The lowest BCUT2D eigenvalue weighted by Gasteiger charge is -2.22. The number of aromatic nitrogens is 4. The number of nitrogens with one attached hydrogen (secondary N) is 2. The molecule has 0 radical (unpaired) electrons. The molecule has 0 aliphatic carbocycles. The highest BCUT2D eigenvalue weighted by molar-refractivity contribution is 5.95. The molecule has 1 aliphatic rings. The predicted octanol–water partition coefficient (Wildman–Crippen LogP) is 1.47. The van der Waals surface area contributed by atoms with Gasteiger partial charge in [0.1, 0.15) is 0 Å². The van der Waals surface area contributed by atoms with Gasteiger partial charge in [0, 0.05) is 5.69 Å². The summed E-state index contributed by atoms with van der Waals surface area (Å²) in [5.74, 6) is 0.715. The number of amides is 1. The largest absolute Gasteiger partial charge is 0.325 e. The molecule has 2 aromatic rings. The zero-order valence-corrected chi connectivity index (χ0v) is 13.1. The van der Waals surface area contributed by atoms with Gasteiger partial charge < -0.3 is 10.6 Å². The third kappa shape index (κ3) is 3.61. The van der Waals surface area contributed by atoms with Gasteiger partial charge in [0.05, 0.1) is 11.7 Å². The summed E-state index contributed by atoms with van der Waals surface area (Å²) in [5.41, 5.74) is 1.58. The van der Waals surface area contributed by atoms with Crippen LogP contribution < -0.4 is 10.6 Å². The number of tetrazole rings is 1. The maximum Gasteiger partial charge on any atom is 0.241 e. The Labute approximate surface area is 134 Å². The molecular weight excluding hydrogens is 304 g/mol. The molecular formula is C14H19ClN6O. The summed E-state index contributed by atoms with van der Waals surface area (Å²) < 4.78 is 1.63. The van der Waals surface area contributed by atoms with Crippen LogP contribution in [0.1, 0.15) is 25.1 Å².